The van der Waals surface area contributed by atoms with Gasteiger partial charge in [-0.15, -0.1) is 0 Å². The average molecular weight is 410 g/mol. The van der Waals surface area contributed by atoms with Gasteiger partial charge in [0.25, 0.3) is 0 Å². The molecular formula is C21H20N3O4S-. The number of thioether (sulfide) groups is 1. The van der Waals surface area contributed by atoms with Crippen LogP contribution in [0.5, 0.6) is 0 Å². The van der Waals surface area contributed by atoms with Gasteiger partial charge in [-0.3, -0.25) is 9.59 Å². The number of amides is 2. The molecule has 8 heteroatoms. The van der Waals surface area contributed by atoms with Crippen molar-refractivity contribution in [3.05, 3.63) is 48.2 Å². The number of carboxylic acids is 1. The number of hydrogen-bond donors (Lipinski definition) is 0. The fourth-order valence-corrected chi connectivity index (χ4v) is 4.81. The number of rotatable bonds is 5. The summed E-state index contributed by atoms with van der Waals surface area (Å²) < 4.78 is 0. The summed E-state index contributed by atoms with van der Waals surface area (Å²) in [6.07, 6.45) is 5.05. The molecule has 2 aromatic rings. The van der Waals surface area contributed by atoms with Gasteiger partial charge in [0.05, 0.1) is 16.9 Å². The summed E-state index contributed by atoms with van der Waals surface area (Å²) in [5.74, 6) is -2.02. The molecule has 2 aliphatic rings. The minimum Gasteiger partial charge on any atom is -0.545 e. The van der Waals surface area contributed by atoms with Crippen LogP contribution in [0.3, 0.4) is 0 Å². The lowest BCUT2D eigenvalue weighted by atomic mass is 10.1. The van der Waals surface area contributed by atoms with Crippen LogP contribution >= 0.6 is 11.8 Å². The quantitative estimate of drug-likeness (QED) is 0.695. The lowest BCUT2D eigenvalue weighted by Gasteiger charge is -2.29. The van der Waals surface area contributed by atoms with E-state index in [1.165, 1.54) is 42.5 Å². The van der Waals surface area contributed by atoms with Gasteiger partial charge >= 0.3 is 0 Å². The van der Waals surface area contributed by atoms with Gasteiger partial charge in [0.2, 0.25) is 11.8 Å². The summed E-state index contributed by atoms with van der Waals surface area (Å²) in [6, 6.07) is 10.3. The molecule has 2 aliphatic heterocycles. The first-order valence-electron chi connectivity index (χ1n) is 9.59. The Kier molecular flexibility index (Phi) is 5.53. The molecule has 7 nitrogen and oxygen atoms in total. The second kappa shape index (κ2) is 8.24. The fourth-order valence-electron chi connectivity index (χ4n) is 3.71. The Hall–Kier alpha value is -2.87. The number of benzene rings is 1. The molecule has 0 unspecified atom stereocenters. The Morgan fingerprint density at radius 2 is 1.72 bits per heavy atom. The van der Waals surface area contributed by atoms with Gasteiger partial charge in [0.1, 0.15) is 5.03 Å². The van der Waals surface area contributed by atoms with E-state index in [2.05, 4.69) is 9.88 Å². The van der Waals surface area contributed by atoms with Crippen molar-refractivity contribution in [3.63, 3.8) is 0 Å². The van der Waals surface area contributed by atoms with Gasteiger partial charge in [-0.05, 0) is 55.7 Å². The molecule has 3 heterocycles. The van der Waals surface area contributed by atoms with Crippen molar-refractivity contribution < 1.29 is 19.5 Å². The molecular weight excluding hydrogens is 390 g/mol. The van der Waals surface area contributed by atoms with Crippen LogP contribution in [0.15, 0.2) is 47.6 Å². The van der Waals surface area contributed by atoms with Gasteiger partial charge in [-0.1, -0.05) is 11.8 Å². The molecule has 0 saturated carbocycles. The third-order valence-electron chi connectivity index (χ3n) is 5.18. The maximum Gasteiger partial charge on any atom is 0.247 e. The third-order valence-corrected chi connectivity index (χ3v) is 6.38. The number of aromatic carboxylic acids is 1. The van der Waals surface area contributed by atoms with E-state index in [0.29, 0.717) is 5.69 Å². The largest absolute Gasteiger partial charge is 0.545 e. The molecule has 1 aromatic carbocycles. The first-order valence-corrected chi connectivity index (χ1v) is 10.5. The van der Waals surface area contributed by atoms with Gasteiger partial charge < -0.3 is 14.8 Å². The molecule has 1 aromatic heterocycles. The molecule has 0 bridgehead atoms. The number of hydrogen-bond acceptors (Lipinski definition) is 7. The molecule has 0 radical (unpaired) electrons. The van der Waals surface area contributed by atoms with Gasteiger partial charge in [-0.2, -0.15) is 0 Å². The van der Waals surface area contributed by atoms with E-state index in [0.717, 1.165) is 30.5 Å². The van der Waals surface area contributed by atoms with E-state index in [1.54, 1.807) is 12.1 Å². The lowest BCUT2D eigenvalue weighted by Crippen LogP contribution is -2.32. The van der Waals surface area contributed by atoms with Crippen LogP contribution in [0, 0.1) is 0 Å². The number of carbonyl (C=O) groups excluding carboxylic acids is 3. The maximum absolute atomic E-state index is 12.9. The van der Waals surface area contributed by atoms with E-state index < -0.39 is 11.2 Å². The molecule has 2 saturated heterocycles. The molecule has 29 heavy (non-hydrogen) atoms. The van der Waals surface area contributed by atoms with E-state index in [9.17, 15) is 19.5 Å². The number of pyridine rings is 1. The van der Waals surface area contributed by atoms with Crippen molar-refractivity contribution in [3.8, 4) is 0 Å². The zero-order valence-electron chi connectivity index (χ0n) is 15.7. The van der Waals surface area contributed by atoms with Gasteiger partial charge in [-0.25, -0.2) is 9.88 Å². The van der Waals surface area contributed by atoms with Crippen LogP contribution in [0.2, 0.25) is 0 Å². The summed E-state index contributed by atoms with van der Waals surface area (Å²) in [5.41, 5.74) is 1.54. The average Bonchev–Trinajstić information content (AvgIpc) is 3.02. The summed E-state index contributed by atoms with van der Waals surface area (Å²) in [6.45, 7) is 2.04. The third kappa shape index (κ3) is 3.98. The van der Waals surface area contributed by atoms with Crippen LogP contribution in [0.25, 0.3) is 0 Å². The first kappa shape index (κ1) is 19.4. The highest BCUT2D eigenvalue weighted by atomic mass is 32.2. The van der Waals surface area contributed by atoms with Crippen LogP contribution in [0.1, 0.15) is 36.0 Å². The Balaban J connectivity index is 1.50. The number of nitrogens with zero attached hydrogens (tertiary/aromatic N) is 3. The molecule has 0 aliphatic carbocycles. The highest BCUT2D eigenvalue weighted by molar-refractivity contribution is 8.00. The lowest BCUT2D eigenvalue weighted by molar-refractivity contribution is -0.255. The van der Waals surface area contributed by atoms with Crippen LogP contribution < -0.4 is 14.9 Å². The first-order chi connectivity index (χ1) is 14.0. The van der Waals surface area contributed by atoms with E-state index >= 15 is 0 Å². The van der Waals surface area contributed by atoms with Crippen LogP contribution in [-0.4, -0.2) is 41.1 Å². The smallest absolute Gasteiger partial charge is 0.247 e. The molecule has 0 spiro atoms. The van der Waals surface area contributed by atoms with Crippen molar-refractivity contribution in [1.82, 2.24) is 4.98 Å². The predicted octanol–water partition coefficient (Wildman–Crippen LogP) is 1.86. The zero-order valence-corrected chi connectivity index (χ0v) is 16.6. The Bertz CT molecular complexity index is 941. The number of imide groups is 1. The van der Waals surface area contributed by atoms with E-state index in [-0.39, 0.29) is 28.8 Å². The molecule has 0 N–H and O–H groups in total. The van der Waals surface area contributed by atoms with Crippen molar-refractivity contribution in [2.45, 2.75) is 36.0 Å². The number of piperidine rings is 1. The van der Waals surface area contributed by atoms with E-state index in [1.807, 2.05) is 12.1 Å². The topological polar surface area (TPSA) is 93.6 Å². The van der Waals surface area contributed by atoms with Gasteiger partial charge in [0, 0.05) is 37.0 Å². The second-order valence-electron chi connectivity index (χ2n) is 7.09. The zero-order chi connectivity index (χ0) is 20.4. The number of anilines is 2. The number of carboxylic acid groups (broad SMARTS) is 1. The summed E-state index contributed by atoms with van der Waals surface area (Å²) in [7, 11) is 0. The molecule has 150 valence electrons. The summed E-state index contributed by atoms with van der Waals surface area (Å²) in [5, 5.41) is 10.7. The normalized spacial score (nSPS) is 19.7. The SMILES string of the molecule is O=C([O-])c1cccnc1S[C@H]1CC(=O)N(c2ccc(N3CCCCC3)cc2)C1=O. The number of aromatic nitrogens is 1. The maximum atomic E-state index is 12.9. The van der Waals surface area contributed by atoms with Crippen LogP contribution in [-0.2, 0) is 9.59 Å². The minimum absolute atomic E-state index is 0.000435. The highest BCUT2D eigenvalue weighted by Gasteiger charge is 2.40. The van der Waals surface area contributed by atoms with Crippen molar-refractivity contribution in [2.75, 3.05) is 22.9 Å². The molecule has 2 fully saturated rings. The summed E-state index contributed by atoms with van der Waals surface area (Å²) >= 11 is 0.990. The molecule has 4 rings (SSSR count). The van der Waals surface area contributed by atoms with Crippen molar-refractivity contribution in [2.24, 2.45) is 0 Å². The summed E-state index contributed by atoms with van der Waals surface area (Å²) in [4.78, 5) is 44.2. The Morgan fingerprint density at radius 1 is 1.03 bits per heavy atom. The fraction of sp³-hybridized carbons (Fsp3) is 0.333. The van der Waals surface area contributed by atoms with E-state index in [4.69, 9.17) is 0 Å². The van der Waals surface area contributed by atoms with Crippen molar-refractivity contribution >= 4 is 40.9 Å². The van der Waals surface area contributed by atoms with Crippen LogP contribution in [0.4, 0.5) is 11.4 Å². The minimum atomic E-state index is -1.36. The Morgan fingerprint density at radius 3 is 2.41 bits per heavy atom. The monoisotopic (exact) mass is 410 g/mol. The standard InChI is InChI=1S/C21H21N3O4S/c25-18-13-17(29-19-16(21(27)28)5-4-10-22-19)20(26)24(18)15-8-6-14(7-9-15)23-11-2-1-3-12-23/h4-10,17H,1-3,11-13H2,(H,27,28)/p-1/t17-/m0/s1. The Labute approximate surface area is 172 Å². The second-order valence-corrected chi connectivity index (χ2v) is 8.28. The molecule has 1 atom stereocenters. The van der Waals surface area contributed by atoms with Gasteiger partial charge in [0.15, 0.2) is 0 Å². The molecule has 2 amide bonds. The van der Waals surface area contributed by atoms with Crippen molar-refractivity contribution in [1.29, 1.82) is 0 Å². The predicted molar refractivity (Wildman–Crippen MR) is 108 cm³/mol. The highest BCUT2D eigenvalue weighted by Crippen LogP contribution is 2.35. The number of carbonyl (C=O) groups is 3.